The van der Waals surface area contributed by atoms with E-state index in [0.717, 1.165) is 17.3 Å². The largest absolute Gasteiger partial charge is 0.480 e. The van der Waals surface area contributed by atoms with Crippen LogP contribution in [0.1, 0.15) is 19.4 Å². The minimum absolute atomic E-state index is 0.0747. The molecule has 0 aliphatic rings. The van der Waals surface area contributed by atoms with Gasteiger partial charge in [0.25, 0.3) is 0 Å². The van der Waals surface area contributed by atoms with Crippen LogP contribution in [0.4, 0.5) is 5.69 Å². The van der Waals surface area contributed by atoms with E-state index < -0.39 is 10.7 Å². The first-order chi connectivity index (χ1) is 8.72. The Balaban J connectivity index is 2.61. The summed E-state index contributed by atoms with van der Waals surface area (Å²) in [6.45, 7) is 5.00. The van der Waals surface area contributed by atoms with Crippen molar-refractivity contribution in [3.8, 4) is 0 Å². The summed E-state index contributed by atoms with van der Waals surface area (Å²) in [5, 5.41) is 12.2. The number of carboxylic acid groups (broad SMARTS) is 1. The number of amides is 1. The van der Waals surface area contributed by atoms with Crippen molar-refractivity contribution in [2.75, 3.05) is 11.1 Å². The second-order valence-electron chi connectivity index (χ2n) is 4.61. The van der Waals surface area contributed by atoms with Gasteiger partial charge in [-0.25, -0.2) is 0 Å². The first-order valence-corrected chi connectivity index (χ1v) is 7.02. The molecule has 0 saturated carbocycles. The molecule has 1 rings (SSSR count). The number of carboxylic acids is 1. The number of hydrogen-bond acceptors (Lipinski definition) is 3. The smallest absolute Gasteiger partial charge is 0.319 e. The third-order valence-electron chi connectivity index (χ3n) is 2.55. The van der Waals surface area contributed by atoms with Crippen molar-refractivity contribution in [3.05, 3.63) is 28.8 Å². The molecule has 0 unspecified atom stereocenters. The molecular formula is C13H16ClNO3S. The summed E-state index contributed by atoms with van der Waals surface area (Å²) >= 11 is 6.94. The van der Waals surface area contributed by atoms with Crippen LogP contribution in [0.3, 0.4) is 0 Å². The molecule has 0 atom stereocenters. The highest BCUT2D eigenvalue weighted by molar-refractivity contribution is 8.02. The maximum Gasteiger partial charge on any atom is 0.319 e. The normalized spacial score (nSPS) is 11.2. The summed E-state index contributed by atoms with van der Waals surface area (Å²) in [6.07, 6.45) is 0. The van der Waals surface area contributed by atoms with Gasteiger partial charge >= 0.3 is 5.97 Å². The van der Waals surface area contributed by atoms with Gasteiger partial charge in [-0.3, -0.25) is 9.59 Å². The molecule has 2 N–H and O–H groups in total. The first-order valence-electron chi connectivity index (χ1n) is 5.66. The van der Waals surface area contributed by atoms with Gasteiger partial charge in [-0.15, -0.1) is 11.8 Å². The SMILES string of the molecule is Cc1ccc(Cl)cc1NC(=O)CSC(C)(C)C(=O)O. The van der Waals surface area contributed by atoms with Crippen molar-refractivity contribution in [1.29, 1.82) is 0 Å². The lowest BCUT2D eigenvalue weighted by atomic mass is 10.2. The van der Waals surface area contributed by atoms with Crippen LogP contribution in [0.25, 0.3) is 0 Å². The van der Waals surface area contributed by atoms with Gasteiger partial charge in [0.1, 0.15) is 4.75 Å². The summed E-state index contributed by atoms with van der Waals surface area (Å²) in [6, 6.07) is 5.23. The first kappa shape index (κ1) is 15.9. The quantitative estimate of drug-likeness (QED) is 0.876. The van der Waals surface area contributed by atoms with E-state index in [1.165, 1.54) is 0 Å². The van der Waals surface area contributed by atoms with Crippen molar-refractivity contribution < 1.29 is 14.7 Å². The Morgan fingerprint density at radius 1 is 1.42 bits per heavy atom. The number of hydrogen-bond donors (Lipinski definition) is 2. The zero-order valence-electron chi connectivity index (χ0n) is 11.0. The molecule has 6 heteroatoms. The summed E-state index contributed by atoms with van der Waals surface area (Å²) in [5.74, 6) is -1.11. The van der Waals surface area contributed by atoms with Crippen molar-refractivity contribution >= 4 is 40.9 Å². The van der Waals surface area contributed by atoms with E-state index in [2.05, 4.69) is 5.32 Å². The second kappa shape index (κ2) is 6.30. The number of nitrogens with one attached hydrogen (secondary N) is 1. The Kier molecular flexibility index (Phi) is 5.26. The number of rotatable bonds is 5. The Morgan fingerprint density at radius 2 is 2.05 bits per heavy atom. The molecule has 0 saturated heterocycles. The molecule has 0 bridgehead atoms. The summed E-state index contributed by atoms with van der Waals surface area (Å²) in [7, 11) is 0. The van der Waals surface area contributed by atoms with Crippen LogP contribution >= 0.6 is 23.4 Å². The van der Waals surface area contributed by atoms with Crippen LogP contribution in [-0.4, -0.2) is 27.5 Å². The molecule has 1 aromatic rings. The molecule has 0 fully saturated rings. The van der Waals surface area contributed by atoms with Gasteiger partial charge in [-0.2, -0.15) is 0 Å². The number of aryl methyl sites for hydroxylation is 1. The molecule has 0 aliphatic heterocycles. The predicted octanol–water partition coefficient (Wildman–Crippen LogP) is 3.18. The van der Waals surface area contributed by atoms with Crippen molar-refractivity contribution in [3.63, 3.8) is 0 Å². The fourth-order valence-electron chi connectivity index (χ4n) is 1.22. The Labute approximate surface area is 121 Å². The Morgan fingerprint density at radius 3 is 2.63 bits per heavy atom. The van der Waals surface area contributed by atoms with Crippen LogP contribution in [0.15, 0.2) is 18.2 Å². The zero-order chi connectivity index (χ0) is 14.6. The maximum absolute atomic E-state index is 11.8. The second-order valence-corrected chi connectivity index (χ2v) is 6.65. The van der Waals surface area contributed by atoms with Crippen LogP contribution in [-0.2, 0) is 9.59 Å². The molecule has 104 valence electrons. The van der Waals surface area contributed by atoms with Crippen LogP contribution < -0.4 is 5.32 Å². The molecule has 0 aliphatic carbocycles. The average Bonchev–Trinajstić information content (AvgIpc) is 2.31. The van der Waals surface area contributed by atoms with Crippen LogP contribution in [0.5, 0.6) is 0 Å². The van der Waals surface area contributed by atoms with E-state index in [0.29, 0.717) is 10.7 Å². The number of anilines is 1. The lowest BCUT2D eigenvalue weighted by molar-refractivity contribution is -0.138. The number of carbonyl (C=O) groups excluding carboxylic acids is 1. The number of halogens is 1. The monoisotopic (exact) mass is 301 g/mol. The average molecular weight is 302 g/mol. The highest BCUT2D eigenvalue weighted by Crippen LogP contribution is 2.25. The standard InChI is InChI=1S/C13H16ClNO3S/c1-8-4-5-9(14)6-10(8)15-11(16)7-19-13(2,3)12(17)18/h4-6H,7H2,1-3H3,(H,15,16)(H,17,18). The van der Waals surface area contributed by atoms with E-state index in [-0.39, 0.29) is 11.7 Å². The van der Waals surface area contributed by atoms with Crippen molar-refractivity contribution in [1.82, 2.24) is 0 Å². The summed E-state index contributed by atoms with van der Waals surface area (Å²) in [5.41, 5.74) is 1.55. The highest BCUT2D eigenvalue weighted by Gasteiger charge is 2.28. The zero-order valence-corrected chi connectivity index (χ0v) is 12.6. The minimum atomic E-state index is -0.985. The van der Waals surface area contributed by atoms with Crippen LogP contribution in [0.2, 0.25) is 5.02 Å². The summed E-state index contributed by atoms with van der Waals surface area (Å²) < 4.78 is -0.985. The minimum Gasteiger partial charge on any atom is -0.480 e. The van der Waals surface area contributed by atoms with Gasteiger partial charge in [0.05, 0.1) is 5.75 Å². The molecule has 1 aromatic carbocycles. The predicted molar refractivity (Wildman–Crippen MR) is 79.0 cm³/mol. The number of aliphatic carboxylic acids is 1. The molecule has 19 heavy (non-hydrogen) atoms. The van der Waals surface area contributed by atoms with Crippen LogP contribution in [0, 0.1) is 6.92 Å². The Hall–Kier alpha value is -1.20. The Bertz CT molecular complexity index is 503. The van der Waals surface area contributed by atoms with E-state index in [9.17, 15) is 9.59 Å². The van der Waals surface area contributed by atoms with Gasteiger partial charge < -0.3 is 10.4 Å². The van der Waals surface area contributed by atoms with E-state index in [1.54, 1.807) is 26.0 Å². The molecule has 0 radical (unpaired) electrons. The highest BCUT2D eigenvalue weighted by atomic mass is 35.5. The molecular weight excluding hydrogens is 286 g/mol. The molecule has 0 spiro atoms. The molecule has 4 nitrogen and oxygen atoms in total. The van der Waals surface area contributed by atoms with Gasteiger partial charge in [0, 0.05) is 10.7 Å². The number of benzene rings is 1. The fraction of sp³-hybridized carbons (Fsp3) is 0.385. The van der Waals surface area contributed by atoms with E-state index in [1.807, 2.05) is 13.0 Å². The van der Waals surface area contributed by atoms with Gasteiger partial charge in [0.2, 0.25) is 5.91 Å². The van der Waals surface area contributed by atoms with Gasteiger partial charge in [-0.1, -0.05) is 17.7 Å². The fourth-order valence-corrected chi connectivity index (χ4v) is 2.08. The van der Waals surface area contributed by atoms with Gasteiger partial charge in [-0.05, 0) is 38.5 Å². The lowest BCUT2D eigenvalue weighted by Gasteiger charge is -2.18. The topological polar surface area (TPSA) is 66.4 Å². The summed E-state index contributed by atoms with van der Waals surface area (Å²) in [4.78, 5) is 22.7. The lowest BCUT2D eigenvalue weighted by Crippen LogP contribution is -2.29. The van der Waals surface area contributed by atoms with E-state index in [4.69, 9.17) is 16.7 Å². The van der Waals surface area contributed by atoms with Gasteiger partial charge in [0.15, 0.2) is 0 Å². The van der Waals surface area contributed by atoms with Crippen molar-refractivity contribution in [2.24, 2.45) is 0 Å². The third-order valence-corrected chi connectivity index (χ3v) is 4.09. The number of carbonyl (C=O) groups is 2. The van der Waals surface area contributed by atoms with Crippen molar-refractivity contribution in [2.45, 2.75) is 25.5 Å². The molecule has 0 aromatic heterocycles. The molecule has 1 amide bonds. The van der Waals surface area contributed by atoms with E-state index >= 15 is 0 Å². The maximum atomic E-state index is 11.8. The number of thioether (sulfide) groups is 1. The molecule has 0 heterocycles. The third kappa shape index (κ3) is 4.76.